The van der Waals surface area contributed by atoms with E-state index in [4.69, 9.17) is 0 Å². The van der Waals surface area contributed by atoms with Crippen LogP contribution in [0.3, 0.4) is 0 Å². The Morgan fingerprint density at radius 2 is 1.81 bits per heavy atom. The zero-order valence-corrected chi connectivity index (χ0v) is 21.8. The molecule has 2 aromatic carbocycles. The van der Waals surface area contributed by atoms with Gasteiger partial charge in [0, 0.05) is 29.7 Å². The van der Waals surface area contributed by atoms with Gasteiger partial charge in [0.15, 0.2) is 4.80 Å². The maximum atomic E-state index is 12.9. The van der Waals surface area contributed by atoms with Crippen LogP contribution in [-0.4, -0.2) is 36.3 Å². The third kappa shape index (κ3) is 5.39. The third-order valence-electron chi connectivity index (χ3n) is 5.14. The summed E-state index contributed by atoms with van der Waals surface area (Å²) in [7, 11) is -3.58. The normalized spacial score (nSPS) is 12.7. The van der Waals surface area contributed by atoms with Crippen LogP contribution in [0.15, 0.2) is 56.8 Å². The average molecular weight is 539 g/mol. The van der Waals surface area contributed by atoms with Crippen molar-refractivity contribution < 1.29 is 13.2 Å². The summed E-state index contributed by atoms with van der Waals surface area (Å²) in [5.41, 5.74) is 1.40. The second kappa shape index (κ2) is 10.9. The fourth-order valence-corrected chi connectivity index (χ4v) is 6.52. The second-order valence-electron chi connectivity index (χ2n) is 7.44. The number of thiazole rings is 1. The van der Waals surface area contributed by atoms with Gasteiger partial charge in [0.25, 0.3) is 5.91 Å². The number of amides is 1. The molecule has 0 fully saturated rings. The molecule has 0 aliphatic rings. The molecule has 0 N–H and O–H groups in total. The molecule has 3 aromatic rings. The van der Waals surface area contributed by atoms with Gasteiger partial charge in [-0.1, -0.05) is 54.5 Å². The molecule has 0 aliphatic heterocycles. The van der Waals surface area contributed by atoms with Gasteiger partial charge >= 0.3 is 0 Å². The number of nitrogens with zero attached hydrogens (tertiary/aromatic N) is 3. The molecule has 0 atom stereocenters. The van der Waals surface area contributed by atoms with Crippen LogP contribution in [0, 0.1) is 0 Å². The monoisotopic (exact) mass is 537 g/mol. The fourth-order valence-electron chi connectivity index (χ4n) is 3.42. The molecule has 0 aliphatic carbocycles. The van der Waals surface area contributed by atoms with E-state index in [0.29, 0.717) is 23.5 Å². The van der Waals surface area contributed by atoms with Crippen molar-refractivity contribution in [2.24, 2.45) is 4.99 Å². The molecule has 0 saturated carbocycles. The first-order valence-electron chi connectivity index (χ1n) is 10.8. The Hall–Kier alpha value is -1.81. The summed E-state index contributed by atoms with van der Waals surface area (Å²) in [4.78, 5) is 18.1. The van der Waals surface area contributed by atoms with E-state index in [9.17, 15) is 13.2 Å². The van der Waals surface area contributed by atoms with E-state index >= 15 is 0 Å². The van der Waals surface area contributed by atoms with E-state index in [1.807, 2.05) is 32.0 Å². The maximum absolute atomic E-state index is 12.9. The highest BCUT2D eigenvalue weighted by atomic mass is 79.9. The number of hydrogen-bond donors (Lipinski definition) is 0. The van der Waals surface area contributed by atoms with Gasteiger partial charge in [0.2, 0.25) is 10.0 Å². The number of sulfonamides is 1. The lowest BCUT2D eigenvalue weighted by atomic mass is 10.2. The van der Waals surface area contributed by atoms with Gasteiger partial charge < -0.3 is 4.57 Å². The lowest BCUT2D eigenvalue weighted by molar-refractivity contribution is 0.0997. The fraction of sp³-hybridized carbons (Fsp3) is 0.391. The Bertz CT molecular complexity index is 1260. The number of unbranched alkanes of at least 4 members (excludes halogenated alkanes) is 1. The van der Waals surface area contributed by atoms with E-state index in [2.05, 4.69) is 32.4 Å². The smallest absolute Gasteiger partial charge is 0.279 e. The van der Waals surface area contributed by atoms with Crippen molar-refractivity contribution in [1.29, 1.82) is 0 Å². The van der Waals surface area contributed by atoms with E-state index in [0.717, 1.165) is 40.5 Å². The molecule has 3 rings (SSSR count). The van der Waals surface area contributed by atoms with Crippen molar-refractivity contribution in [1.82, 2.24) is 8.87 Å². The summed E-state index contributed by atoms with van der Waals surface area (Å²) >= 11 is 4.96. The molecule has 1 amide bonds. The second-order valence-corrected chi connectivity index (χ2v) is 11.3. The van der Waals surface area contributed by atoms with E-state index < -0.39 is 10.0 Å². The Labute approximate surface area is 201 Å². The Balaban J connectivity index is 1.93. The first-order valence-corrected chi connectivity index (χ1v) is 13.8. The van der Waals surface area contributed by atoms with Crippen molar-refractivity contribution in [2.45, 2.75) is 51.5 Å². The van der Waals surface area contributed by atoms with Crippen LogP contribution in [0.4, 0.5) is 0 Å². The number of carbonyl (C=O) groups is 1. The van der Waals surface area contributed by atoms with Crippen LogP contribution in [0.1, 0.15) is 50.4 Å². The standard InChI is InChI=1S/C23H28BrN3O3S2/c1-4-7-15-26(6-3)32(29,30)19-11-8-17(9-12-19)22(28)25-23-27(14-5-2)20-13-10-18(24)16-21(20)31-23/h8-13,16H,4-7,14-15H2,1-3H3. The molecule has 1 heterocycles. The topological polar surface area (TPSA) is 71.7 Å². The summed E-state index contributed by atoms with van der Waals surface area (Å²) < 4.78 is 31.3. The zero-order chi connectivity index (χ0) is 23.3. The zero-order valence-electron chi connectivity index (χ0n) is 18.5. The Kier molecular flexibility index (Phi) is 8.43. The van der Waals surface area contributed by atoms with Crippen molar-refractivity contribution in [3.8, 4) is 0 Å². The van der Waals surface area contributed by atoms with Crippen LogP contribution in [0.2, 0.25) is 0 Å². The first-order chi connectivity index (χ1) is 15.3. The van der Waals surface area contributed by atoms with Crippen molar-refractivity contribution in [3.63, 3.8) is 0 Å². The number of aromatic nitrogens is 1. The minimum atomic E-state index is -3.58. The van der Waals surface area contributed by atoms with Gasteiger partial charge in [0.1, 0.15) is 0 Å². The molecule has 172 valence electrons. The predicted molar refractivity (Wildman–Crippen MR) is 133 cm³/mol. The molecule has 0 spiro atoms. The number of hydrogen-bond acceptors (Lipinski definition) is 4. The molecule has 0 saturated heterocycles. The van der Waals surface area contributed by atoms with Gasteiger partial charge in [-0.3, -0.25) is 4.79 Å². The lowest BCUT2D eigenvalue weighted by Crippen LogP contribution is -2.31. The number of aryl methyl sites for hydroxylation is 1. The SMILES string of the molecule is CCCCN(CC)S(=O)(=O)c1ccc(C(=O)N=c2sc3cc(Br)ccc3n2CCC)cc1. The van der Waals surface area contributed by atoms with Crippen LogP contribution in [0.25, 0.3) is 10.2 Å². The molecule has 32 heavy (non-hydrogen) atoms. The summed E-state index contributed by atoms with van der Waals surface area (Å²) in [6, 6.07) is 12.1. The van der Waals surface area contributed by atoms with Crippen LogP contribution in [-0.2, 0) is 16.6 Å². The summed E-state index contributed by atoms with van der Waals surface area (Å²) in [6.07, 6.45) is 2.65. The maximum Gasteiger partial charge on any atom is 0.279 e. The molecular formula is C23H28BrN3O3S2. The van der Waals surface area contributed by atoms with Crippen molar-refractivity contribution in [2.75, 3.05) is 13.1 Å². The molecule has 0 bridgehead atoms. The van der Waals surface area contributed by atoms with E-state index in [1.54, 1.807) is 12.1 Å². The molecular weight excluding hydrogens is 510 g/mol. The number of halogens is 1. The predicted octanol–water partition coefficient (Wildman–Crippen LogP) is 5.43. The highest BCUT2D eigenvalue weighted by Gasteiger charge is 2.22. The summed E-state index contributed by atoms with van der Waals surface area (Å²) in [6.45, 7) is 7.61. The first kappa shape index (κ1) is 24.8. The Morgan fingerprint density at radius 3 is 2.44 bits per heavy atom. The molecule has 9 heteroatoms. The quantitative estimate of drug-likeness (QED) is 0.365. The molecule has 1 aromatic heterocycles. The molecule has 0 unspecified atom stereocenters. The van der Waals surface area contributed by atoms with Gasteiger partial charge in [-0.25, -0.2) is 8.42 Å². The number of rotatable bonds is 9. The van der Waals surface area contributed by atoms with Crippen molar-refractivity contribution >= 4 is 53.4 Å². The highest BCUT2D eigenvalue weighted by Crippen LogP contribution is 2.23. The van der Waals surface area contributed by atoms with E-state index in [1.165, 1.54) is 27.8 Å². The van der Waals surface area contributed by atoms with Crippen molar-refractivity contribution in [3.05, 3.63) is 57.3 Å². The minimum absolute atomic E-state index is 0.194. The average Bonchev–Trinajstić information content (AvgIpc) is 3.10. The molecule has 6 nitrogen and oxygen atoms in total. The Morgan fingerprint density at radius 1 is 1.09 bits per heavy atom. The number of benzene rings is 2. The lowest BCUT2D eigenvalue weighted by Gasteiger charge is -2.20. The largest absolute Gasteiger partial charge is 0.316 e. The van der Waals surface area contributed by atoms with Gasteiger partial charge in [-0.2, -0.15) is 9.30 Å². The van der Waals surface area contributed by atoms with Gasteiger partial charge in [-0.05, 0) is 55.3 Å². The van der Waals surface area contributed by atoms with E-state index in [-0.39, 0.29) is 10.8 Å². The van der Waals surface area contributed by atoms with Gasteiger partial charge in [-0.15, -0.1) is 0 Å². The number of fused-ring (bicyclic) bond motifs is 1. The molecule has 0 radical (unpaired) electrons. The minimum Gasteiger partial charge on any atom is -0.316 e. The van der Waals surface area contributed by atoms with Crippen LogP contribution >= 0.6 is 27.3 Å². The van der Waals surface area contributed by atoms with Crippen LogP contribution in [0.5, 0.6) is 0 Å². The highest BCUT2D eigenvalue weighted by molar-refractivity contribution is 9.10. The summed E-state index contributed by atoms with van der Waals surface area (Å²) in [5.74, 6) is -0.386. The summed E-state index contributed by atoms with van der Waals surface area (Å²) in [5, 5.41) is 0. The number of carbonyl (C=O) groups excluding carboxylic acids is 1. The van der Waals surface area contributed by atoms with Crippen LogP contribution < -0.4 is 4.80 Å². The third-order valence-corrected chi connectivity index (χ3v) is 8.66. The van der Waals surface area contributed by atoms with Gasteiger partial charge in [0.05, 0.1) is 15.1 Å².